The van der Waals surface area contributed by atoms with E-state index in [0.29, 0.717) is 5.82 Å². The van der Waals surface area contributed by atoms with Gasteiger partial charge in [-0.2, -0.15) is 5.10 Å². The highest BCUT2D eigenvalue weighted by molar-refractivity contribution is 5.59. The fourth-order valence-electron chi connectivity index (χ4n) is 3.56. The highest BCUT2D eigenvalue weighted by Gasteiger charge is 2.21. The first-order valence-electron chi connectivity index (χ1n) is 9.48. The van der Waals surface area contributed by atoms with Gasteiger partial charge >= 0.3 is 0 Å². The van der Waals surface area contributed by atoms with Gasteiger partial charge in [-0.15, -0.1) is 0 Å². The fraction of sp³-hybridized carbons (Fsp3) is 0.450. The molecule has 4 heterocycles. The summed E-state index contributed by atoms with van der Waals surface area (Å²) < 4.78 is 8.10. The number of likely N-dealkylation sites (tertiary alicyclic amines) is 1. The van der Waals surface area contributed by atoms with Crippen LogP contribution in [-0.2, 0) is 19.5 Å². The topological polar surface area (TPSA) is 60.0 Å². The van der Waals surface area contributed by atoms with E-state index >= 15 is 0 Å². The van der Waals surface area contributed by atoms with Gasteiger partial charge in [0.25, 0.3) is 0 Å². The maximum absolute atomic E-state index is 6.19. The van der Waals surface area contributed by atoms with E-state index in [4.69, 9.17) is 9.40 Å². The van der Waals surface area contributed by atoms with Crippen LogP contribution in [0, 0.1) is 0 Å². The molecule has 6 nitrogen and oxygen atoms in total. The van der Waals surface area contributed by atoms with E-state index in [1.165, 1.54) is 31.5 Å². The lowest BCUT2D eigenvalue weighted by molar-refractivity contribution is 0.327. The monoisotopic (exact) mass is 351 g/mol. The van der Waals surface area contributed by atoms with Crippen molar-refractivity contribution in [1.82, 2.24) is 24.6 Å². The quantitative estimate of drug-likeness (QED) is 0.676. The van der Waals surface area contributed by atoms with Gasteiger partial charge < -0.3 is 4.42 Å². The van der Waals surface area contributed by atoms with Crippen molar-refractivity contribution in [1.29, 1.82) is 0 Å². The molecule has 3 aromatic heterocycles. The molecule has 0 aromatic carbocycles. The average Bonchev–Trinajstić information content (AvgIpc) is 3.42. The van der Waals surface area contributed by atoms with Crippen molar-refractivity contribution >= 4 is 0 Å². The first-order chi connectivity index (χ1) is 12.8. The van der Waals surface area contributed by atoms with Crippen LogP contribution in [-0.4, -0.2) is 37.7 Å². The van der Waals surface area contributed by atoms with Crippen molar-refractivity contribution in [3.05, 3.63) is 41.9 Å². The van der Waals surface area contributed by atoms with E-state index in [2.05, 4.69) is 34.9 Å². The molecule has 26 heavy (non-hydrogen) atoms. The molecule has 0 amide bonds. The van der Waals surface area contributed by atoms with E-state index in [1.807, 2.05) is 16.8 Å². The molecule has 0 N–H and O–H groups in total. The van der Waals surface area contributed by atoms with Gasteiger partial charge in [-0.05, 0) is 51.1 Å². The second-order valence-electron chi connectivity index (χ2n) is 6.71. The Bertz CT molecular complexity index is 862. The van der Waals surface area contributed by atoms with Crippen LogP contribution in [0.2, 0.25) is 0 Å². The predicted octanol–water partition coefficient (Wildman–Crippen LogP) is 3.78. The van der Waals surface area contributed by atoms with Crippen molar-refractivity contribution < 1.29 is 4.42 Å². The summed E-state index contributed by atoms with van der Waals surface area (Å²) in [6.45, 7) is 8.29. The highest BCUT2D eigenvalue weighted by atomic mass is 16.3. The molecule has 1 aliphatic rings. The molecule has 1 fully saturated rings. The number of rotatable bonds is 6. The Labute approximate surface area is 153 Å². The normalized spacial score (nSPS) is 15.0. The summed E-state index contributed by atoms with van der Waals surface area (Å²) in [6.07, 6.45) is 7.01. The second kappa shape index (κ2) is 7.41. The van der Waals surface area contributed by atoms with Gasteiger partial charge in [0, 0.05) is 43.0 Å². The molecule has 0 aliphatic carbocycles. The first kappa shape index (κ1) is 17.0. The summed E-state index contributed by atoms with van der Waals surface area (Å²) in [6, 6.07) is 6.01. The van der Waals surface area contributed by atoms with Crippen LogP contribution in [0.1, 0.15) is 38.0 Å². The zero-order valence-corrected chi connectivity index (χ0v) is 15.5. The molecule has 0 saturated carbocycles. The van der Waals surface area contributed by atoms with Gasteiger partial charge in [0.2, 0.25) is 0 Å². The molecule has 0 spiro atoms. The predicted molar refractivity (Wildman–Crippen MR) is 101 cm³/mol. The number of hydrogen-bond donors (Lipinski definition) is 0. The zero-order chi connectivity index (χ0) is 17.9. The Balaban J connectivity index is 1.68. The minimum Gasteiger partial charge on any atom is -0.457 e. The third-order valence-corrected chi connectivity index (χ3v) is 4.94. The van der Waals surface area contributed by atoms with Crippen molar-refractivity contribution in [2.24, 2.45) is 0 Å². The van der Waals surface area contributed by atoms with Gasteiger partial charge in [-0.25, -0.2) is 9.67 Å². The van der Waals surface area contributed by atoms with Gasteiger partial charge in [0.1, 0.15) is 5.76 Å². The standard InChI is InChI=1S/C20H25N5O/c1-3-17-16(14-24-11-5-6-12-24)13-18(26-17)20-22-19(23-25(20)4-2)15-7-9-21-10-8-15/h7-10,13H,3-6,11-12,14H2,1-2H3. The lowest BCUT2D eigenvalue weighted by atomic mass is 10.2. The van der Waals surface area contributed by atoms with Crippen LogP contribution in [0.25, 0.3) is 23.0 Å². The van der Waals surface area contributed by atoms with Crippen molar-refractivity contribution in [3.63, 3.8) is 0 Å². The molecule has 0 bridgehead atoms. The summed E-state index contributed by atoms with van der Waals surface area (Å²) in [7, 11) is 0. The Morgan fingerprint density at radius 2 is 1.88 bits per heavy atom. The first-order valence-corrected chi connectivity index (χ1v) is 9.48. The molecule has 0 atom stereocenters. The average molecular weight is 351 g/mol. The smallest absolute Gasteiger partial charge is 0.194 e. The lowest BCUT2D eigenvalue weighted by Gasteiger charge is -2.13. The molecule has 6 heteroatoms. The molecule has 1 aliphatic heterocycles. The molecule has 4 rings (SSSR count). The molecule has 3 aromatic rings. The number of pyridine rings is 1. The fourth-order valence-corrected chi connectivity index (χ4v) is 3.56. The maximum atomic E-state index is 6.19. The van der Waals surface area contributed by atoms with Gasteiger partial charge in [0.05, 0.1) is 0 Å². The third kappa shape index (κ3) is 3.29. The number of aromatic nitrogens is 4. The molecule has 0 unspecified atom stereocenters. The van der Waals surface area contributed by atoms with Gasteiger partial charge in [-0.3, -0.25) is 9.88 Å². The minimum absolute atomic E-state index is 0.708. The highest BCUT2D eigenvalue weighted by Crippen LogP contribution is 2.28. The van der Waals surface area contributed by atoms with Gasteiger partial charge in [-0.1, -0.05) is 6.92 Å². The van der Waals surface area contributed by atoms with Crippen molar-refractivity contribution in [3.8, 4) is 23.0 Å². The Morgan fingerprint density at radius 3 is 2.58 bits per heavy atom. The van der Waals surface area contributed by atoms with Crippen molar-refractivity contribution in [2.45, 2.75) is 46.2 Å². The summed E-state index contributed by atoms with van der Waals surface area (Å²) in [5.41, 5.74) is 2.24. The van der Waals surface area contributed by atoms with E-state index in [-0.39, 0.29) is 0 Å². The summed E-state index contributed by atoms with van der Waals surface area (Å²) in [5.74, 6) is 3.37. The van der Waals surface area contributed by atoms with Crippen molar-refractivity contribution in [2.75, 3.05) is 13.1 Å². The summed E-state index contributed by atoms with van der Waals surface area (Å²) in [4.78, 5) is 11.3. The SMILES string of the molecule is CCc1oc(-c2nc(-c3ccncc3)nn2CC)cc1CN1CCCC1. The number of hydrogen-bond acceptors (Lipinski definition) is 5. The maximum Gasteiger partial charge on any atom is 0.194 e. The molecular weight excluding hydrogens is 326 g/mol. The minimum atomic E-state index is 0.708. The van der Waals surface area contributed by atoms with E-state index < -0.39 is 0 Å². The largest absolute Gasteiger partial charge is 0.457 e. The van der Waals surface area contributed by atoms with E-state index in [1.54, 1.807) is 12.4 Å². The Hall–Kier alpha value is -2.47. The summed E-state index contributed by atoms with van der Waals surface area (Å²) >= 11 is 0. The van der Waals surface area contributed by atoms with E-state index in [9.17, 15) is 0 Å². The Morgan fingerprint density at radius 1 is 1.12 bits per heavy atom. The number of nitrogens with zero attached hydrogens (tertiary/aromatic N) is 5. The second-order valence-corrected chi connectivity index (χ2v) is 6.71. The lowest BCUT2D eigenvalue weighted by Crippen LogP contribution is -2.18. The zero-order valence-electron chi connectivity index (χ0n) is 15.5. The van der Waals surface area contributed by atoms with Crippen LogP contribution in [0.4, 0.5) is 0 Å². The van der Waals surface area contributed by atoms with Crippen LogP contribution >= 0.6 is 0 Å². The van der Waals surface area contributed by atoms with Crippen LogP contribution < -0.4 is 0 Å². The Kier molecular flexibility index (Phi) is 4.84. The van der Waals surface area contributed by atoms with E-state index in [0.717, 1.165) is 42.4 Å². The molecule has 136 valence electrons. The molecule has 1 saturated heterocycles. The summed E-state index contributed by atoms with van der Waals surface area (Å²) in [5, 5.41) is 4.65. The molecule has 0 radical (unpaired) electrons. The van der Waals surface area contributed by atoms with Crippen LogP contribution in [0.15, 0.2) is 35.0 Å². The third-order valence-electron chi connectivity index (χ3n) is 4.94. The van der Waals surface area contributed by atoms with Gasteiger partial charge in [0.15, 0.2) is 17.4 Å². The number of aryl methyl sites for hydroxylation is 2. The van der Waals surface area contributed by atoms with Crippen LogP contribution in [0.5, 0.6) is 0 Å². The number of furan rings is 1. The van der Waals surface area contributed by atoms with Crippen LogP contribution in [0.3, 0.4) is 0 Å². The molecular formula is C20H25N5O.